The molecule has 122 valence electrons. The van der Waals surface area contributed by atoms with Gasteiger partial charge in [-0.2, -0.15) is 0 Å². The number of rotatable bonds is 5. The Labute approximate surface area is 145 Å². The van der Waals surface area contributed by atoms with Crippen LogP contribution in [0, 0.1) is 6.92 Å². The summed E-state index contributed by atoms with van der Waals surface area (Å²) in [6, 6.07) is 8.07. The van der Waals surface area contributed by atoms with E-state index in [-0.39, 0.29) is 5.97 Å². The predicted molar refractivity (Wildman–Crippen MR) is 100 cm³/mol. The third-order valence-corrected chi connectivity index (χ3v) is 4.34. The van der Waals surface area contributed by atoms with Crippen molar-refractivity contribution in [3.63, 3.8) is 0 Å². The molecule has 0 bridgehead atoms. The normalized spacial score (nSPS) is 10.2. The number of esters is 1. The van der Waals surface area contributed by atoms with Crippen molar-refractivity contribution in [2.45, 2.75) is 20.8 Å². The Morgan fingerprint density at radius 2 is 1.96 bits per heavy atom. The van der Waals surface area contributed by atoms with Gasteiger partial charge in [-0.15, -0.1) is 11.3 Å². The lowest BCUT2D eigenvalue weighted by atomic mass is 10.0. The summed E-state index contributed by atoms with van der Waals surface area (Å²) in [4.78, 5) is 12.4. The first-order valence-electron chi connectivity index (χ1n) is 7.47. The SMILES string of the molecule is CCNC(=S)Nc1scc(-c2ccc(C)cc2)c1C(=O)OCC. The van der Waals surface area contributed by atoms with Crippen LogP contribution in [0.3, 0.4) is 0 Å². The first kappa shape index (κ1) is 17.4. The number of carbonyl (C=O) groups excluding carboxylic acids is 1. The largest absolute Gasteiger partial charge is 0.462 e. The molecule has 6 heteroatoms. The van der Waals surface area contributed by atoms with E-state index < -0.39 is 0 Å². The van der Waals surface area contributed by atoms with E-state index in [1.807, 2.05) is 43.5 Å². The van der Waals surface area contributed by atoms with E-state index in [2.05, 4.69) is 10.6 Å². The number of nitrogens with one attached hydrogen (secondary N) is 2. The summed E-state index contributed by atoms with van der Waals surface area (Å²) >= 11 is 6.67. The van der Waals surface area contributed by atoms with Gasteiger partial charge in [0, 0.05) is 17.5 Å². The zero-order chi connectivity index (χ0) is 16.8. The molecule has 0 unspecified atom stereocenters. The molecule has 0 fully saturated rings. The second-order valence-corrected chi connectivity index (χ2v) is 6.21. The van der Waals surface area contributed by atoms with Gasteiger partial charge < -0.3 is 15.4 Å². The lowest BCUT2D eigenvalue weighted by Gasteiger charge is -2.10. The Balaban J connectivity index is 2.42. The summed E-state index contributed by atoms with van der Waals surface area (Å²) in [5.74, 6) is -0.342. The first-order chi connectivity index (χ1) is 11.1. The van der Waals surface area contributed by atoms with Crippen LogP contribution in [0.1, 0.15) is 29.8 Å². The van der Waals surface area contributed by atoms with E-state index >= 15 is 0 Å². The van der Waals surface area contributed by atoms with Crippen LogP contribution < -0.4 is 10.6 Å². The molecule has 0 saturated heterocycles. The molecule has 2 aromatic rings. The summed E-state index contributed by atoms with van der Waals surface area (Å²) in [6.07, 6.45) is 0. The van der Waals surface area contributed by atoms with Gasteiger partial charge in [-0.05, 0) is 38.6 Å². The van der Waals surface area contributed by atoms with E-state index in [4.69, 9.17) is 17.0 Å². The molecule has 1 aromatic carbocycles. The van der Waals surface area contributed by atoms with Gasteiger partial charge in [-0.3, -0.25) is 0 Å². The second kappa shape index (κ2) is 8.08. The summed E-state index contributed by atoms with van der Waals surface area (Å²) in [5.41, 5.74) is 3.54. The molecular weight excluding hydrogens is 328 g/mol. The van der Waals surface area contributed by atoms with Gasteiger partial charge in [0.2, 0.25) is 0 Å². The molecule has 0 aliphatic heterocycles. The number of thiophene rings is 1. The summed E-state index contributed by atoms with van der Waals surface area (Å²) in [7, 11) is 0. The van der Waals surface area contributed by atoms with Crippen LogP contribution in [0.25, 0.3) is 11.1 Å². The van der Waals surface area contributed by atoms with Crippen LogP contribution in [-0.4, -0.2) is 24.2 Å². The monoisotopic (exact) mass is 348 g/mol. The summed E-state index contributed by atoms with van der Waals surface area (Å²) < 4.78 is 5.22. The highest BCUT2D eigenvalue weighted by Crippen LogP contribution is 2.36. The molecule has 0 atom stereocenters. The maximum Gasteiger partial charge on any atom is 0.341 e. The molecule has 23 heavy (non-hydrogen) atoms. The van der Waals surface area contributed by atoms with Gasteiger partial charge in [0.15, 0.2) is 5.11 Å². The van der Waals surface area contributed by atoms with Gasteiger partial charge in [-0.25, -0.2) is 4.79 Å². The molecule has 0 aliphatic rings. The summed E-state index contributed by atoms with van der Waals surface area (Å²) in [5, 5.41) is 9.26. The first-order valence-corrected chi connectivity index (χ1v) is 8.76. The lowest BCUT2D eigenvalue weighted by Crippen LogP contribution is -2.28. The molecule has 2 N–H and O–H groups in total. The fourth-order valence-corrected chi connectivity index (χ4v) is 3.38. The quantitative estimate of drug-likeness (QED) is 0.626. The Bertz CT molecular complexity index is 693. The zero-order valence-electron chi connectivity index (χ0n) is 13.4. The fourth-order valence-electron chi connectivity index (χ4n) is 2.11. The van der Waals surface area contributed by atoms with Gasteiger partial charge >= 0.3 is 5.97 Å². The Morgan fingerprint density at radius 3 is 2.57 bits per heavy atom. The van der Waals surface area contributed by atoms with Crippen LogP contribution in [0.2, 0.25) is 0 Å². The van der Waals surface area contributed by atoms with Crippen molar-refractivity contribution in [1.29, 1.82) is 0 Å². The maximum atomic E-state index is 12.4. The number of ether oxygens (including phenoxy) is 1. The van der Waals surface area contributed by atoms with E-state index in [0.717, 1.165) is 17.7 Å². The molecule has 1 aromatic heterocycles. The van der Waals surface area contributed by atoms with Gasteiger partial charge in [-0.1, -0.05) is 29.8 Å². The van der Waals surface area contributed by atoms with Crippen LogP contribution in [-0.2, 0) is 4.74 Å². The van der Waals surface area contributed by atoms with Crippen molar-refractivity contribution in [2.24, 2.45) is 0 Å². The highest BCUT2D eigenvalue weighted by molar-refractivity contribution is 7.80. The molecule has 0 amide bonds. The van der Waals surface area contributed by atoms with Crippen molar-refractivity contribution >= 4 is 39.6 Å². The number of benzene rings is 1. The maximum absolute atomic E-state index is 12.4. The summed E-state index contributed by atoms with van der Waals surface area (Å²) in [6.45, 7) is 6.85. The number of anilines is 1. The Hall–Kier alpha value is -1.92. The molecule has 2 rings (SSSR count). The Morgan fingerprint density at radius 1 is 1.26 bits per heavy atom. The average Bonchev–Trinajstić information content (AvgIpc) is 2.92. The van der Waals surface area contributed by atoms with E-state index in [1.54, 1.807) is 6.92 Å². The van der Waals surface area contributed by atoms with Crippen LogP contribution in [0.15, 0.2) is 29.6 Å². The fraction of sp³-hybridized carbons (Fsp3) is 0.294. The van der Waals surface area contributed by atoms with Crippen molar-refractivity contribution in [1.82, 2.24) is 5.32 Å². The molecule has 0 radical (unpaired) electrons. The number of carbonyl (C=O) groups is 1. The zero-order valence-corrected chi connectivity index (χ0v) is 15.1. The third kappa shape index (κ3) is 4.30. The second-order valence-electron chi connectivity index (χ2n) is 4.92. The third-order valence-electron chi connectivity index (χ3n) is 3.20. The van der Waals surface area contributed by atoms with Crippen LogP contribution in [0.4, 0.5) is 5.00 Å². The molecule has 0 saturated carbocycles. The van der Waals surface area contributed by atoms with E-state index in [0.29, 0.717) is 22.3 Å². The van der Waals surface area contributed by atoms with Crippen LogP contribution >= 0.6 is 23.6 Å². The smallest absolute Gasteiger partial charge is 0.341 e. The minimum atomic E-state index is -0.342. The molecular formula is C17H20N2O2S2. The molecule has 1 heterocycles. The predicted octanol–water partition coefficient (Wildman–Crippen LogP) is 4.21. The standard InChI is InChI=1S/C17H20N2O2S2/c1-4-18-17(22)19-15-14(16(20)21-5-2)13(10-23-15)12-8-6-11(3)7-9-12/h6-10H,4-5H2,1-3H3,(H2,18,19,22). The van der Waals surface area contributed by atoms with E-state index in [9.17, 15) is 4.79 Å². The van der Waals surface area contributed by atoms with Crippen LogP contribution in [0.5, 0.6) is 0 Å². The highest BCUT2D eigenvalue weighted by atomic mass is 32.1. The molecule has 0 aliphatic carbocycles. The highest BCUT2D eigenvalue weighted by Gasteiger charge is 2.22. The minimum absolute atomic E-state index is 0.332. The van der Waals surface area contributed by atoms with Crippen molar-refractivity contribution in [2.75, 3.05) is 18.5 Å². The molecule has 0 spiro atoms. The van der Waals surface area contributed by atoms with Gasteiger partial charge in [0.05, 0.1) is 6.61 Å². The number of thiocarbonyl (C=S) groups is 1. The minimum Gasteiger partial charge on any atom is -0.462 e. The number of hydrogen-bond acceptors (Lipinski definition) is 4. The lowest BCUT2D eigenvalue weighted by molar-refractivity contribution is 0.0529. The number of aryl methyl sites for hydroxylation is 1. The topological polar surface area (TPSA) is 50.4 Å². The van der Waals surface area contributed by atoms with Crippen molar-refractivity contribution in [3.8, 4) is 11.1 Å². The van der Waals surface area contributed by atoms with Gasteiger partial charge in [0.1, 0.15) is 10.6 Å². The number of hydrogen-bond donors (Lipinski definition) is 2. The Kier molecular flexibility index (Phi) is 6.12. The van der Waals surface area contributed by atoms with Gasteiger partial charge in [0.25, 0.3) is 0 Å². The molecule has 4 nitrogen and oxygen atoms in total. The van der Waals surface area contributed by atoms with E-state index in [1.165, 1.54) is 16.9 Å². The van der Waals surface area contributed by atoms with Crippen molar-refractivity contribution < 1.29 is 9.53 Å². The average molecular weight is 348 g/mol. The van der Waals surface area contributed by atoms with Crippen molar-refractivity contribution in [3.05, 3.63) is 40.8 Å².